The van der Waals surface area contributed by atoms with Gasteiger partial charge in [0.2, 0.25) is 0 Å². The van der Waals surface area contributed by atoms with Crippen molar-refractivity contribution in [3.8, 4) is 0 Å². The molecule has 1 atom stereocenters. The lowest BCUT2D eigenvalue weighted by Crippen LogP contribution is -2.41. The fourth-order valence-corrected chi connectivity index (χ4v) is 1.91. The summed E-state index contributed by atoms with van der Waals surface area (Å²) in [7, 11) is 1.71. The summed E-state index contributed by atoms with van der Waals surface area (Å²) in [5.74, 6) is 0. The number of ether oxygens (including phenoxy) is 1. The van der Waals surface area contributed by atoms with Gasteiger partial charge in [0.25, 0.3) is 0 Å². The third kappa shape index (κ3) is 7.77. The van der Waals surface area contributed by atoms with E-state index in [1.54, 1.807) is 7.11 Å². The van der Waals surface area contributed by atoms with Crippen LogP contribution in [0.25, 0.3) is 0 Å². The zero-order chi connectivity index (χ0) is 11.5. The molecule has 3 heteroatoms. The third-order valence-corrected chi connectivity index (χ3v) is 2.59. The van der Waals surface area contributed by atoms with Crippen molar-refractivity contribution in [3.05, 3.63) is 0 Å². The van der Waals surface area contributed by atoms with Gasteiger partial charge in [-0.1, -0.05) is 26.7 Å². The summed E-state index contributed by atoms with van der Waals surface area (Å²) in [5.41, 5.74) is 0. The first-order chi connectivity index (χ1) is 7.28. The molecule has 2 N–H and O–H groups in total. The zero-order valence-corrected chi connectivity index (χ0v) is 10.5. The molecule has 0 aliphatic heterocycles. The van der Waals surface area contributed by atoms with Gasteiger partial charge in [-0.3, -0.25) is 0 Å². The quantitative estimate of drug-likeness (QED) is 0.587. The average Bonchev–Trinajstić information content (AvgIpc) is 2.19. The van der Waals surface area contributed by atoms with Crippen LogP contribution in [0.4, 0.5) is 0 Å². The molecule has 0 saturated heterocycles. The van der Waals surface area contributed by atoms with Crippen molar-refractivity contribution in [2.75, 3.05) is 20.3 Å². The maximum atomic E-state index is 8.94. The Bertz CT molecular complexity index is 105. The van der Waals surface area contributed by atoms with Gasteiger partial charge in [-0.05, 0) is 19.3 Å². The van der Waals surface area contributed by atoms with Crippen LogP contribution in [-0.2, 0) is 4.74 Å². The van der Waals surface area contributed by atoms with Crippen molar-refractivity contribution in [1.82, 2.24) is 5.32 Å². The summed E-state index contributed by atoms with van der Waals surface area (Å²) in [4.78, 5) is 0. The highest BCUT2D eigenvalue weighted by Crippen LogP contribution is 2.07. The van der Waals surface area contributed by atoms with Gasteiger partial charge in [0, 0.05) is 25.8 Å². The second kappa shape index (κ2) is 10.4. The van der Waals surface area contributed by atoms with Gasteiger partial charge in [0.15, 0.2) is 0 Å². The van der Waals surface area contributed by atoms with E-state index in [0.29, 0.717) is 18.7 Å². The lowest BCUT2D eigenvalue weighted by Gasteiger charge is -2.24. The summed E-state index contributed by atoms with van der Waals surface area (Å²) in [6.45, 7) is 5.33. The molecule has 0 heterocycles. The molecule has 92 valence electrons. The summed E-state index contributed by atoms with van der Waals surface area (Å²) in [6.07, 6.45) is 5.60. The van der Waals surface area contributed by atoms with E-state index in [4.69, 9.17) is 9.84 Å². The van der Waals surface area contributed by atoms with Gasteiger partial charge in [0.05, 0.1) is 6.61 Å². The van der Waals surface area contributed by atoms with Crippen LogP contribution in [0.15, 0.2) is 0 Å². The van der Waals surface area contributed by atoms with Gasteiger partial charge in [-0.2, -0.15) is 0 Å². The first-order valence-electron chi connectivity index (χ1n) is 6.14. The molecule has 0 saturated carbocycles. The first kappa shape index (κ1) is 14.9. The molecule has 0 aliphatic carbocycles. The van der Waals surface area contributed by atoms with Crippen LogP contribution in [0.3, 0.4) is 0 Å². The van der Waals surface area contributed by atoms with Crippen LogP contribution in [0, 0.1) is 0 Å². The van der Waals surface area contributed by atoms with Crippen molar-refractivity contribution >= 4 is 0 Å². The van der Waals surface area contributed by atoms with Gasteiger partial charge in [-0.15, -0.1) is 0 Å². The van der Waals surface area contributed by atoms with E-state index in [2.05, 4.69) is 19.2 Å². The lowest BCUT2D eigenvalue weighted by atomic mass is 10.0. The van der Waals surface area contributed by atoms with E-state index in [1.807, 2.05) is 0 Å². The SMILES string of the molecule is CCCC(CCC)NC(CCO)COC. The molecule has 0 radical (unpaired) electrons. The summed E-state index contributed by atoms with van der Waals surface area (Å²) in [6, 6.07) is 0.870. The number of hydrogen-bond donors (Lipinski definition) is 2. The van der Waals surface area contributed by atoms with E-state index < -0.39 is 0 Å². The smallest absolute Gasteiger partial charge is 0.0616 e. The lowest BCUT2D eigenvalue weighted by molar-refractivity contribution is 0.140. The number of nitrogens with one attached hydrogen (secondary N) is 1. The van der Waals surface area contributed by atoms with Gasteiger partial charge in [-0.25, -0.2) is 0 Å². The van der Waals surface area contributed by atoms with E-state index in [1.165, 1.54) is 25.7 Å². The van der Waals surface area contributed by atoms with Crippen LogP contribution in [-0.4, -0.2) is 37.5 Å². The summed E-state index contributed by atoms with van der Waals surface area (Å²) < 4.78 is 5.14. The molecule has 0 aliphatic rings. The molecular weight excluding hydrogens is 190 g/mol. The Morgan fingerprint density at radius 2 is 1.67 bits per heavy atom. The Kier molecular flexibility index (Phi) is 10.3. The molecule has 0 fully saturated rings. The maximum Gasteiger partial charge on any atom is 0.0616 e. The predicted molar refractivity (Wildman–Crippen MR) is 64.1 cm³/mol. The minimum Gasteiger partial charge on any atom is -0.396 e. The highest BCUT2D eigenvalue weighted by Gasteiger charge is 2.13. The first-order valence-corrected chi connectivity index (χ1v) is 6.14. The number of aliphatic hydroxyl groups excluding tert-OH is 1. The minimum absolute atomic E-state index is 0.228. The fourth-order valence-electron chi connectivity index (χ4n) is 1.91. The second-order valence-electron chi connectivity index (χ2n) is 4.11. The van der Waals surface area contributed by atoms with Crippen molar-refractivity contribution in [1.29, 1.82) is 0 Å². The normalized spacial score (nSPS) is 13.4. The van der Waals surface area contributed by atoms with Crippen LogP contribution >= 0.6 is 0 Å². The molecular formula is C12H27NO2. The van der Waals surface area contributed by atoms with Crippen molar-refractivity contribution < 1.29 is 9.84 Å². The number of methoxy groups -OCH3 is 1. The number of hydrogen-bond acceptors (Lipinski definition) is 3. The molecule has 0 aromatic rings. The van der Waals surface area contributed by atoms with Crippen molar-refractivity contribution in [2.24, 2.45) is 0 Å². The fraction of sp³-hybridized carbons (Fsp3) is 1.00. The van der Waals surface area contributed by atoms with E-state index in [-0.39, 0.29) is 6.61 Å². The number of aliphatic hydroxyl groups is 1. The monoisotopic (exact) mass is 217 g/mol. The van der Waals surface area contributed by atoms with Crippen LogP contribution < -0.4 is 5.32 Å². The molecule has 3 nitrogen and oxygen atoms in total. The third-order valence-electron chi connectivity index (χ3n) is 2.59. The standard InChI is InChI=1S/C12H27NO2/c1-4-6-11(7-5-2)13-12(8-9-14)10-15-3/h11-14H,4-10H2,1-3H3. The van der Waals surface area contributed by atoms with Crippen LogP contribution in [0.5, 0.6) is 0 Å². The average molecular weight is 217 g/mol. The van der Waals surface area contributed by atoms with E-state index >= 15 is 0 Å². The second-order valence-corrected chi connectivity index (χ2v) is 4.11. The highest BCUT2D eigenvalue weighted by atomic mass is 16.5. The molecule has 0 aromatic carbocycles. The number of rotatable bonds is 10. The predicted octanol–water partition coefficient (Wildman–Crippen LogP) is 1.94. The summed E-state index contributed by atoms with van der Waals surface area (Å²) >= 11 is 0. The van der Waals surface area contributed by atoms with Crippen molar-refractivity contribution in [2.45, 2.75) is 58.0 Å². The Hall–Kier alpha value is -0.120. The van der Waals surface area contributed by atoms with E-state index in [9.17, 15) is 0 Å². The molecule has 0 amide bonds. The summed E-state index contributed by atoms with van der Waals surface area (Å²) in [5, 5.41) is 12.5. The van der Waals surface area contributed by atoms with Crippen LogP contribution in [0.1, 0.15) is 46.0 Å². The topological polar surface area (TPSA) is 41.5 Å². The minimum atomic E-state index is 0.228. The highest BCUT2D eigenvalue weighted by molar-refractivity contribution is 4.73. The van der Waals surface area contributed by atoms with Gasteiger partial charge < -0.3 is 15.2 Å². The van der Waals surface area contributed by atoms with Gasteiger partial charge in [0.1, 0.15) is 0 Å². The Morgan fingerprint density at radius 1 is 1.07 bits per heavy atom. The van der Waals surface area contributed by atoms with Crippen molar-refractivity contribution in [3.63, 3.8) is 0 Å². The van der Waals surface area contributed by atoms with E-state index in [0.717, 1.165) is 6.42 Å². The Morgan fingerprint density at radius 3 is 2.07 bits per heavy atom. The Labute approximate surface area is 94.2 Å². The zero-order valence-electron chi connectivity index (χ0n) is 10.5. The van der Waals surface area contributed by atoms with Crippen LogP contribution in [0.2, 0.25) is 0 Å². The molecule has 0 spiro atoms. The molecule has 0 aromatic heterocycles. The molecule has 1 unspecified atom stereocenters. The largest absolute Gasteiger partial charge is 0.396 e. The van der Waals surface area contributed by atoms with Gasteiger partial charge >= 0.3 is 0 Å². The maximum absolute atomic E-state index is 8.94. The molecule has 15 heavy (non-hydrogen) atoms. The molecule has 0 rings (SSSR count). The Balaban J connectivity index is 3.93. The molecule has 0 bridgehead atoms.